The van der Waals surface area contributed by atoms with Crippen LogP contribution in [0, 0.1) is 0 Å². The van der Waals surface area contributed by atoms with Crippen molar-refractivity contribution in [1.82, 2.24) is 15.2 Å². The van der Waals surface area contributed by atoms with Gasteiger partial charge >= 0.3 is 0 Å². The molecule has 0 radical (unpaired) electrons. The molecular weight excluding hydrogens is 234 g/mol. The smallest absolute Gasteiger partial charge is 0.236 e. The van der Waals surface area contributed by atoms with Crippen molar-refractivity contribution >= 4 is 17.2 Å². The van der Waals surface area contributed by atoms with Crippen LogP contribution >= 0.6 is 11.3 Å². The first-order chi connectivity index (χ1) is 7.84. The van der Waals surface area contributed by atoms with Gasteiger partial charge in [-0.1, -0.05) is 0 Å². The maximum absolute atomic E-state index is 11.8. The molecule has 5 heteroatoms. The summed E-state index contributed by atoms with van der Waals surface area (Å²) in [4.78, 5) is 17.9. The zero-order chi connectivity index (χ0) is 13.1. The number of hydrogen-bond donors (Lipinski definition) is 1. The van der Waals surface area contributed by atoms with Crippen molar-refractivity contribution < 1.29 is 4.79 Å². The molecule has 0 aromatic carbocycles. The number of thiazole rings is 1. The van der Waals surface area contributed by atoms with Gasteiger partial charge in [-0.2, -0.15) is 0 Å². The summed E-state index contributed by atoms with van der Waals surface area (Å²) in [6.45, 7) is 8.41. The summed E-state index contributed by atoms with van der Waals surface area (Å²) in [7, 11) is 1.82. The van der Waals surface area contributed by atoms with Crippen molar-refractivity contribution in [2.24, 2.45) is 0 Å². The number of likely N-dealkylation sites (N-methyl/N-ethyl adjacent to an activating group) is 1. The van der Waals surface area contributed by atoms with E-state index in [1.165, 1.54) is 0 Å². The highest BCUT2D eigenvalue weighted by atomic mass is 32.1. The van der Waals surface area contributed by atoms with Crippen LogP contribution in [-0.4, -0.2) is 35.4 Å². The van der Waals surface area contributed by atoms with Crippen LogP contribution in [0.1, 0.15) is 32.7 Å². The maximum atomic E-state index is 11.8. The van der Waals surface area contributed by atoms with Gasteiger partial charge in [0.1, 0.15) is 5.01 Å². The first kappa shape index (κ1) is 14.1. The molecule has 1 aromatic heterocycles. The van der Waals surface area contributed by atoms with Crippen molar-refractivity contribution in [2.45, 2.75) is 39.3 Å². The Morgan fingerprint density at radius 3 is 2.71 bits per heavy atom. The Morgan fingerprint density at radius 2 is 2.24 bits per heavy atom. The van der Waals surface area contributed by atoms with Gasteiger partial charge in [0.2, 0.25) is 5.91 Å². The minimum Gasteiger partial charge on any atom is -0.342 e. The van der Waals surface area contributed by atoms with Crippen molar-refractivity contribution in [2.75, 3.05) is 13.6 Å². The molecule has 0 spiro atoms. The number of nitrogens with one attached hydrogen (secondary N) is 1. The monoisotopic (exact) mass is 255 g/mol. The Labute approximate surface area is 107 Å². The zero-order valence-corrected chi connectivity index (χ0v) is 12.0. The van der Waals surface area contributed by atoms with E-state index in [9.17, 15) is 4.79 Å². The lowest BCUT2D eigenvalue weighted by atomic mass is 10.1. The molecule has 0 aliphatic heterocycles. The van der Waals surface area contributed by atoms with Crippen LogP contribution < -0.4 is 5.32 Å². The fourth-order valence-electron chi connectivity index (χ4n) is 1.32. The number of carbonyl (C=O) groups is 1. The van der Waals surface area contributed by atoms with Crippen LogP contribution in [-0.2, 0) is 10.3 Å². The number of aromatic nitrogens is 1. The van der Waals surface area contributed by atoms with E-state index >= 15 is 0 Å². The Hall–Kier alpha value is -0.940. The lowest BCUT2D eigenvalue weighted by molar-refractivity contribution is -0.130. The summed E-state index contributed by atoms with van der Waals surface area (Å²) >= 11 is 1.60. The summed E-state index contributed by atoms with van der Waals surface area (Å²) in [5, 5.41) is 6.20. The van der Waals surface area contributed by atoms with Crippen molar-refractivity contribution in [3.8, 4) is 0 Å². The van der Waals surface area contributed by atoms with E-state index in [2.05, 4.69) is 10.3 Å². The molecule has 1 amide bonds. The summed E-state index contributed by atoms with van der Waals surface area (Å²) in [6, 6.07) is 0.229. The van der Waals surface area contributed by atoms with E-state index < -0.39 is 0 Å². The number of amides is 1. The molecular formula is C12H21N3OS. The van der Waals surface area contributed by atoms with Gasteiger partial charge in [0, 0.05) is 24.7 Å². The van der Waals surface area contributed by atoms with E-state index in [-0.39, 0.29) is 17.5 Å². The highest BCUT2D eigenvalue weighted by Gasteiger charge is 2.24. The van der Waals surface area contributed by atoms with Crippen LogP contribution in [0.4, 0.5) is 0 Å². The summed E-state index contributed by atoms with van der Waals surface area (Å²) in [5.74, 6) is 0.102. The van der Waals surface area contributed by atoms with Crippen molar-refractivity contribution in [3.63, 3.8) is 0 Å². The first-order valence-electron chi connectivity index (χ1n) is 5.75. The minimum atomic E-state index is -0.262. The van der Waals surface area contributed by atoms with Gasteiger partial charge in [0.05, 0.1) is 12.1 Å². The normalized spacial score (nSPS) is 11.9. The largest absolute Gasteiger partial charge is 0.342 e. The van der Waals surface area contributed by atoms with Crippen LogP contribution in [0.5, 0.6) is 0 Å². The molecule has 4 nitrogen and oxygen atoms in total. The Morgan fingerprint density at radius 1 is 1.59 bits per heavy atom. The molecule has 0 aliphatic rings. The van der Waals surface area contributed by atoms with Crippen LogP contribution in [0.15, 0.2) is 11.6 Å². The minimum absolute atomic E-state index is 0.102. The molecule has 0 aliphatic carbocycles. The number of hydrogen-bond acceptors (Lipinski definition) is 4. The number of nitrogens with zero attached hydrogens (tertiary/aromatic N) is 2. The lowest BCUT2D eigenvalue weighted by Crippen LogP contribution is -2.45. The third-order valence-electron chi connectivity index (χ3n) is 2.82. The predicted octanol–water partition coefficient (Wildman–Crippen LogP) is 1.83. The second-order valence-electron chi connectivity index (χ2n) is 4.91. The molecule has 17 heavy (non-hydrogen) atoms. The standard InChI is InChI=1S/C12H21N3OS/c1-9(2)15(5)10(16)8-14-12(3,4)11-13-6-7-17-11/h6-7,9,14H,8H2,1-5H3. The van der Waals surface area contributed by atoms with Crippen LogP contribution in [0.25, 0.3) is 0 Å². The van der Waals surface area contributed by atoms with E-state index in [0.29, 0.717) is 6.54 Å². The topological polar surface area (TPSA) is 45.2 Å². The fourth-order valence-corrected chi connectivity index (χ4v) is 2.06. The van der Waals surface area contributed by atoms with E-state index in [1.54, 1.807) is 22.4 Å². The molecule has 1 rings (SSSR count). The maximum Gasteiger partial charge on any atom is 0.236 e. The zero-order valence-electron chi connectivity index (χ0n) is 11.2. The van der Waals surface area contributed by atoms with Crippen molar-refractivity contribution in [3.05, 3.63) is 16.6 Å². The third-order valence-corrected chi connectivity index (χ3v) is 3.91. The predicted molar refractivity (Wildman–Crippen MR) is 71.0 cm³/mol. The quantitative estimate of drug-likeness (QED) is 0.873. The van der Waals surface area contributed by atoms with E-state index in [4.69, 9.17) is 0 Å². The molecule has 0 saturated heterocycles. The number of rotatable bonds is 5. The molecule has 0 saturated carbocycles. The molecule has 1 heterocycles. The highest BCUT2D eigenvalue weighted by molar-refractivity contribution is 7.09. The van der Waals surface area contributed by atoms with Gasteiger partial charge in [-0.25, -0.2) is 4.98 Å². The molecule has 0 unspecified atom stereocenters. The third kappa shape index (κ3) is 3.78. The average molecular weight is 255 g/mol. The van der Waals surface area contributed by atoms with Gasteiger partial charge in [0.15, 0.2) is 0 Å². The molecule has 0 bridgehead atoms. The Bertz CT molecular complexity index is 360. The summed E-state index contributed by atoms with van der Waals surface area (Å²) < 4.78 is 0. The van der Waals surface area contributed by atoms with Crippen LogP contribution in [0.3, 0.4) is 0 Å². The highest BCUT2D eigenvalue weighted by Crippen LogP contribution is 2.21. The molecule has 1 N–H and O–H groups in total. The van der Waals surface area contributed by atoms with Gasteiger partial charge in [0.25, 0.3) is 0 Å². The molecule has 96 valence electrons. The first-order valence-corrected chi connectivity index (χ1v) is 6.63. The van der Waals surface area contributed by atoms with Crippen LogP contribution in [0.2, 0.25) is 0 Å². The van der Waals surface area contributed by atoms with Gasteiger partial charge in [-0.15, -0.1) is 11.3 Å². The summed E-state index contributed by atoms with van der Waals surface area (Å²) in [5.41, 5.74) is -0.262. The van der Waals surface area contributed by atoms with Crippen molar-refractivity contribution in [1.29, 1.82) is 0 Å². The van der Waals surface area contributed by atoms with E-state index in [1.807, 2.05) is 40.1 Å². The molecule has 0 atom stereocenters. The Balaban J connectivity index is 2.53. The summed E-state index contributed by atoms with van der Waals surface area (Å²) in [6.07, 6.45) is 1.78. The SMILES string of the molecule is CC(C)N(C)C(=O)CNC(C)(C)c1nccs1. The van der Waals surface area contributed by atoms with E-state index in [0.717, 1.165) is 5.01 Å². The van der Waals surface area contributed by atoms with Gasteiger partial charge in [-0.3, -0.25) is 10.1 Å². The second kappa shape index (κ2) is 5.60. The van der Waals surface area contributed by atoms with Gasteiger partial charge in [-0.05, 0) is 27.7 Å². The lowest BCUT2D eigenvalue weighted by Gasteiger charge is -2.27. The fraction of sp³-hybridized carbons (Fsp3) is 0.667. The van der Waals surface area contributed by atoms with Gasteiger partial charge < -0.3 is 4.90 Å². The average Bonchev–Trinajstić information content (AvgIpc) is 2.78. The number of carbonyl (C=O) groups excluding carboxylic acids is 1. The second-order valence-corrected chi connectivity index (χ2v) is 5.81. The molecule has 1 aromatic rings. The molecule has 0 fully saturated rings. The Kier molecular flexibility index (Phi) is 4.65.